The predicted octanol–water partition coefficient (Wildman–Crippen LogP) is 2.29. The van der Waals surface area contributed by atoms with E-state index in [-0.39, 0.29) is 16.5 Å². The third-order valence-electron chi connectivity index (χ3n) is 2.94. The van der Waals surface area contributed by atoms with Gasteiger partial charge in [-0.3, -0.25) is 0 Å². The molecule has 0 aliphatic carbocycles. The quantitative estimate of drug-likeness (QED) is 0.854. The molecule has 0 aliphatic heterocycles. The molecule has 0 spiro atoms. The third kappa shape index (κ3) is 4.10. The van der Waals surface area contributed by atoms with E-state index in [1.165, 1.54) is 6.07 Å². The molecule has 1 heterocycles. The number of aliphatic hydroxyl groups excluding tert-OH is 1. The second kappa shape index (κ2) is 6.65. The Morgan fingerprint density at radius 3 is 2.76 bits per heavy atom. The summed E-state index contributed by atoms with van der Waals surface area (Å²) in [6.07, 6.45) is 0.588. The van der Waals surface area contributed by atoms with Crippen LogP contribution in [0.2, 0.25) is 0 Å². The number of halogens is 1. The van der Waals surface area contributed by atoms with Gasteiger partial charge in [-0.25, -0.2) is 17.5 Å². The van der Waals surface area contributed by atoms with Crippen molar-refractivity contribution in [1.29, 1.82) is 0 Å². The highest BCUT2D eigenvalue weighted by Gasteiger charge is 2.19. The van der Waals surface area contributed by atoms with Crippen LogP contribution in [0.5, 0.6) is 0 Å². The average Bonchev–Trinajstić information content (AvgIpc) is 2.91. The topological polar surface area (TPSA) is 66.4 Å². The van der Waals surface area contributed by atoms with Crippen molar-refractivity contribution in [3.8, 4) is 0 Å². The Hall–Kier alpha value is -1.28. The van der Waals surface area contributed by atoms with Crippen LogP contribution in [-0.2, 0) is 23.1 Å². The lowest BCUT2D eigenvalue weighted by Crippen LogP contribution is -2.34. The van der Waals surface area contributed by atoms with Crippen molar-refractivity contribution in [2.75, 3.05) is 0 Å². The number of aliphatic hydroxyl groups is 1. The monoisotopic (exact) mass is 329 g/mol. The molecule has 0 radical (unpaired) electrons. The van der Waals surface area contributed by atoms with Crippen molar-refractivity contribution in [1.82, 2.24) is 4.72 Å². The van der Waals surface area contributed by atoms with E-state index >= 15 is 0 Å². The van der Waals surface area contributed by atoms with Crippen LogP contribution in [0.15, 0.2) is 40.6 Å². The lowest BCUT2D eigenvalue weighted by molar-refractivity contribution is 0.275. The van der Waals surface area contributed by atoms with E-state index in [0.29, 0.717) is 6.42 Å². The van der Waals surface area contributed by atoms with Crippen molar-refractivity contribution in [2.24, 2.45) is 0 Å². The highest BCUT2D eigenvalue weighted by Crippen LogP contribution is 2.17. The van der Waals surface area contributed by atoms with E-state index in [4.69, 9.17) is 5.11 Å². The Morgan fingerprint density at radius 1 is 1.38 bits per heavy atom. The largest absolute Gasteiger partial charge is 0.392 e. The van der Waals surface area contributed by atoms with Crippen molar-refractivity contribution < 1.29 is 17.9 Å². The van der Waals surface area contributed by atoms with E-state index in [1.807, 2.05) is 17.5 Å². The highest BCUT2D eigenvalue weighted by molar-refractivity contribution is 7.89. The maximum atomic E-state index is 13.3. The van der Waals surface area contributed by atoms with Crippen LogP contribution in [0, 0.1) is 5.82 Å². The second-order valence-electron chi connectivity index (χ2n) is 4.72. The van der Waals surface area contributed by atoms with E-state index in [9.17, 15) is 12.8 Å². The SMILES string of the molecule is CC(Cc1cccs1)NS(=O)(=O)c1ccc(F)c(CO)c1. The minimum Gasteiger partial charge on any atom is -0.392 e. The van der Waals surface area contributed by atoms with Crippen LogP contribution in [0.25, 0.3) is 0 Å². The maximum Gasteiger partial charge on any atom is 0.240 e. The molecule has 2 N–H and O–H groups in total. The summed E-state index contributed by atoms with van der Waals surface area (Å²) in [5.41, 5.74) is -0.0382. The van der Waals surface area contributed by atoms with E-state index < -0.39 is 22.4 Å². The van der Waals surface area contributed by atoms with Crippen LogP contribution in [0.1, 0.15) is 17.4 Å². The first-order chi connectivity index (χ1) is 9.92. The van der Waals surface area contributed by atoms with Gasteiger partial charge in [0.2, 0.25) is 10.0 Å². The molecule has 2 rings (SSSR count). The molecule has 0 saturated heterocycles. The molecule has 1 aromatic carbocycles. The molecule has 0 saturated carbocycles. The summed E-state index contributed by atoms with van der Waals surface area (Å²) < 4.78 is 40.3. The van der Waals surface area contributed by atoms with Crippen LogP contribution >= 0.6 is 11.3 Å². The summed E-state index contributed by atoms with van der Waals surface area (Å²) >= 11 is 1.56. The molecule has 0 amide bonds. The third-order valence-corrected chi connectivity index (χ3v) is 5.43. The molecule has 21 heavy (non-hydrogen) atoms. The van der Waals surface area contributed by atoms with Gasteiger partial charge in [-0.2, -0.15) is 0 Å². The molecule has 1 unspecified atom stereocenters. The van der Waals surface area contributed by atoms with Gasteiger partial charge < -0.3 is 5.11 Å². The number of benzene rings is 1. The Morgan fingerprint density at radius 2 is 2.14 bits per heavy atom. The Kier molecular flexibility index (Phi) is 5.10. The molecule has 1 aromatic heterocycles. The van der Waals surface area contributed by atoms with Gasteiger partial charge in [-0.1, -0.05) is 6.07 Å². The summed E-state index contributed by atoms with van der Waals surface area (Å²) in [5, 5.41) is 10.9. The minimum atomic E-state index is -3.74. The highest BCUT2D eigenvalue weighted by atomic mass is 32.2. The molecular formula is C14H16FNO3S2. The molecule has 0 fully saturated rings. The fraction of sp³-hybridized carbons (Fsp3) is 0.286. The summed E-state index contributed by atoms with van der Waals surface area (Å²) in [4.78, 5) is 1.03. The molecule has 7 heteroatoms. The summed E-state index contributed by atoms with van der Waals surface area (Å²) in [5.74, 6) is -0.622. The van der Waals surface area contributed by atoms with Crippen LogP contribution in [0.4, 0.5) is 4.39 Å². The normalized spacial score (nSPS) is 13.3. The number of thiophene rings is 1. The summed E-state index contributed by atoms with van der Waals surface area (Å²) in [6.45, 7) is 1.23. The first-order valence-corrected chi connectivity index (χ1v) is 8.72. The summed E-state index contributed by atoms with van der Waals surface area (Å²) in [6, 6.07) is 6.96. The first-order valence-electron chi connectivity index (χ1n) is 6.36. The lowest BCUT2D eigenvalue weighted by atomic mass is 10.2. The van der Waals surface area contributed by atoms with Gasteiger partial charge >= 0.3 is 0 Å². The fourth-order valence-corrected chi connectivity index (χ4v) is 4.07. The van der Waals surface area contributed by atoms with Gasteiger partial charge in [0.05, 0.1) is 11.5 Å². The van der Waals surface area contributed by atoms with Crippen LogP contribution in [-0.4, -0.2) is 19.6 Å². The molecule has 0 bridgehead atoms. The molecule has 2 aromatic rings. The van der Waals surface area contributed by atoms with Crippen molar-refractivity contribution in [3.63, 3.8) is 0 Å². The van der Waals surface area contributed by atoms with Gasteiger partial charge in [-0.15, -0.1) is 11.3 Å². The molecule has 114 valence electrons. The van der Waals surface area contributed by atoms with Gasteiger partial charge in [0.25, 0.3) is 0 Å². The number of nitrogens with one attached hydrogen (secondary N) is 1. The number of hydrogen-bond acceptors (Lipinski definition) is 4. The number of rotatable bonds is 6. The van der Waals surface area contributed by atoms with E-state index in [0.717, 1.165) is 17.0 Å². The number of hydrogen-bond donors (Lipinski definition) is 2. The molecule has 4 nitrogen and oxygen atoms in total. The number of sulfonamides is 1. The van der Waals surface area contributed by atoms with Crippen molar-refractivity contribution >= 4 is 21.4 Å². The van der Waals surface area contributed by atoms with E-state index in [2.05, 4.69) is 4.72 Å². The fourth-order valence-electron chi connectivity index (χ4n) is 1.94. The molecule has 0 aliphatic rings. The minimum absolute atomic E-state index is 0.0382. The molecular weight excluding hydrogens is 313 g/mol. The average molecular weight is 329 g/mol. The predicted molar refractivity (Wildman–Crippen MR) is 80.1 cm³/mol. The second-order valence-corrected chi connectivity index (χ2v) is 7.46. The van der Waals surface area contributed by atoms with Gasteiger partial charge in [0.15, 0.2) is 0 Å². The van der Waals surface area contributed by atoms with Crippen LogP contribution in [0.3, 0.4) is 0 Å². The smallest absolute Gasteiger partial charge is 0.240 e. The van der Waals surface area contributed by atoms with Gasteiger partial charge in [0.1, 0.15) is 5.82 Å². The van der Waals surface area contributed by atoms with Crippen molar-refractivity contribution in [2.45, 2.75) is 30.9 Å². The lowest BCUT2D eigenvalue weighted by Gasteiger charge is -2.14. The Labute approximate surface area is 127 Å². The molecule has 1 atom stereocenters. The first kappa shape index (κ1) is 16.1. The van der Waals surface area contributed by atoms with Gasteiger partial charge in [-0.05, 0) is 43.0 Å². The Balaban J connectivity index is 2.14. The standard InChI is InChI=1S/C14H16FNO3S2/c1-10(7-12-3-2-6-20-12)16-21(18,19)13-4-5-14(15)11(8-13)9-17/h2-6,8,10,16-17H,7,9H2,1H3. The van der Waals surface area contributed by atoms with Crippen LogP contribution < -0.4 is 4.72 Å². The van der Waals surface area contributed by atoms with Crippen molar-refractivity contribution in [3.05, 3.63) is 52.0 Å². The zero-order valence-electron chi connectivity index (χ0n) is 11.4. The summed E-state index contributed by atoms with van der Waals surface area (Å²) in [7, 11) is -3.74. The maximum absolute atomic E-state index is 13.3. The van der Waals surface area contributed by atoms with E-state index in [1.54, 1.807) is 18.3 Å². The zero-order valence-corrected chi connectivity index (χ0v) is 13.0. The zero-order chi connectivity index (χ0) is 15.5. The van der Waals surface area contributed by atoms with Gasteiger partial charge in [0, 0.05) is 16.5 Å². The Bertz CT molecular complexity index is 699.